The average Bonchev–Trinajstić information content (AvgIpc) is 3.04. The lowest BCUT2D eigenvalue weighted by Crippen LogP contribution is -2.21. The fraction of sp³-hybridized carbons (Fsp3) is 0.135. The van der Waals surface area contributed by atoms with Crippen molar-refractivity contribution in [3.63, 3.8) is 0 Å². The van der Waals surface area contributed by atoms with Crippen LogP contribution in [0.15, 0.2) is 115 Å². The number of hydrogen-bond acceptors (Lipinski definition) is 7. The number of benzene rings is 5. The molecule has 8 heteroatoms. The van der Waals surface area contributed by atoms with Crippen LogP contribution in [0.4, 0.5) is 0 Å². The first kappa shape index (κ1) is 29.6. The average molecular weight is 617 g/mol. The Kier molecular flexibility index (Phi) is 8.58. The maximum atomic E-state index is 13.0. The van der Waals surface area contributed by atoms with Gasteiger partial charge >= 0.3 is 5.97 Å². The van der Waals surface area contributed by atoms with Crippen LogP contribution in [0.5, 0.6) is 23.0 Å². The number of nitrogens with zero attached hydrogens (tertiary/aromatic N) is 1. The Balaban J connectivity index is 1.25. The zero-order valence-corrected chi connectivity index (χ0v) is 25.2. The van der Waals surface area contributed by atoms with Gasteiger partial charge in [0, 0.05) is 16.7 Å². The molecule has 0 amide bonds. The number of rotatable bonds is 9. The van der Waals surface area contributed by atoms with Crippen molar-refractivity contribution in [1.29, 1.82) is 5.26 Å². The smallest absolute Gasteiger partial charge is 0.315 e. The van der Waals surface area contributed by atoms with Crippen LogP contribution in [0.2, 0.25) is 5.02 Å². The van der Waals surface area contributed by atoms with Gasteiger partial charge in [0.25, 0.3) is 0 Å². The summed E-state index contributed by atoms with van der Waals surface area (Å²) in [6.45, 7) is 2.64. The maximum absolute atomic E-state index is 13.0. The molecule has 1 atom stereocenters. The predicted molar refractivity (Wildman–Crippen MR) is 172 cm³/mol. The van der Waals surface area contributed by atoms with Gasteiger partial charge in [-0.25, -0.2) is 0 Å². The van der Waals surface area contributed by atoms with Crippen LogP contribution in [0, 0.1) is 11.3 Å². The quantitative estimate of drug-likeness (QED) is 0.133. The van der Waals surface area contributed by atoms with E-state index in [-0.39, 0.29) is 17.9 Å². The molecule has 1 aliphatic rings. The third kappa shape index (κ3) is 6.42. The van der Waals surface area contributed by atoms with E-state index in [0.717, 1.165) is 27.5 Å². The first-order chi connectivity index (χ1) is 21.9. The van der Waals surface area contributed by atoms with E-state index in [2.05, 4.69) is 6.07 Å². The number of allylic oxidation sites excluding steroid dienone is 1. The van der Waals surface area contributed by atoms with E-state index >= 15 is 0 Å². The first-order valence-electron chi connectivity index (χ1n) is 14.5. The minimum atomic E-state index is -0.538. The molecule has 0 aliphatic carbocycles. The number of carbonyl (C=O) groups excluding carboxylic acids is 1. The summed E-state index contributed by atoms with van der Waals surface area (Å²) in [5.41, 5.74) is 9.82. The number of carbonyl (C=O) groups is 1. The van der Waals surface area contributed by atoms with Gasteiger partial charge in [-0.2, -0.15) is 5.26 Å². The van der Waals surface area contributed by atoms with Crippen LogP contribution in [-0.4, -0.2) is 12.6 Å². The van der Waals surface area contributed by atoms with Crippen LogP contribution < -0.4 is 24.7 Å². The Morgan fingerprint density at radius 3 is 2.53 bits per heavy atom. The van der Waals surface area contributed by atoms with Gasteiger partial charge in [-0.05, 0) is 64.7 Å². The van der Waals surface area contributed by atoms with Crippen molar-refractivity contribution in [2.45, 2.75) is 25.9 Å². The monoisotopic (exact) mass is 616 g/mol. The molecule has 7 nitrogen and oxygen atoms in total. The van der Waals surface area contributed by atoms with E-state index in [1.807, 2.05) is 91.9 Å². The SMILES string of the molecule is CCOc1cc(C2C(C#N)=C(N)Oc3cc(OC(=O)Cc4cccc5ccccc45)ccc32)ccc1OCc1ccc(Cl)cc1. The molecule has 5 aromatic carbocycles. The number of hydrogen-bond donors (Lipinski definition) is 1. The minimum Gasteiger partial charge on any atom is -0.490 e. The Morgan fingerprint density at radius 1 is 0.933 bits per heavy atom. The van der Waals surface area contributed by atoms with Crippen molar-refractivity contribution in [2.24, 2.45) is 5.73 Å². The third-order valence-corrected chi connectivity index (χ3v) is 7.80. The Morgan fingerprint density at radius 2 is 1.73 bits per heavy atom. The summed E-state index contributed by atoms with van der Waals surface area (Å²) in [7, 11) is 0. The van der Waals surface area contributed by atoms with Crippen molar-refractivity contribution in [2.75, 3.05) is 6.61 Å². The summed E-state index contributed by atoms with van der Waals surface area (Å²) in [6.07, 6.45) is 0.106. The van der Waals surface area contributed by atoms with Crippen LogP contribution in [-0.2, 0) is 17.8 Å². The van der Waals surface area contributed by atoms with E-state index in [4.69, 9.17) is 36.3 Å². The maximum Gasteiger partial charge on any atom is 0.315 e. The first-order valence-corrected chi connectivity index (χ1v) is 14.8. The molecule has 2 N–H and O–H groups in total. The summed E-state index contributed by atoms with van der Waals surface area (Å²) in [5.74, 6) is 0.841. The van der Waals surface area contributed by atoms with Crippen molar-refractivity contribution in [3.05, 3.63) is 142 Å². The van der Waals surface area contributed by atoms with E-state index in [1.165, 1.54) is 0 Å². The fourth-order valence-electron chi connectivity index (χ4n) is 5.45. The van der Waals surface area contributed by atoms with Gasteiger partial charge in [0.2, 0.25) is 5.88 Å². The van der Waals surface area contributed by atoms with E-state index < -0.39 is 11.9 Å². The van der Waals surface area contributed by atoms with Crippen LogP contribution in [0.25, 0.3) is 10.8 Å². The molecule has 0 bridgehead atoms. The van der Waals surface area contributed by atoms with E-state index in [0.29, 0.717) is 46.8 Å². The largest absolute Gasteiger partial charge is 0.490 e. The lowest BCUT2D eigenvalue weighted by Gasteiger charge is -2.27. The second-order valence-corrected chi connectivity index (χ2v) is 10.9. The topological polar surface area (TPSA) is 104 Å². The lowest BCUT2D eigenvalue weighted by molar-refractivity contribution is -0.133. The van der Waals surface area contributed by atoms with Gasteiger partial charge in [-0.15, -0.1) is 0 Å². The number of nitriles is 1. The zero-order valence-electron chi connectivity index (χ0n) is 24.5. The van der Waals surface area contributed by atoms with Crippen LogP contribution >= 0.6 is 11.6 Å². The molecule has 0 saturated carbocycles. The van der Waals surface area contributed by atoms with Crippen molar-refractivity contribution in [1.82, 2.24) is 0 Å². The number of esters is 1. The van der Waals surface area contributed by atoms with Gasteiger partial charge in [-0.1, -0.05) is 78.3 Å². The number of nitrogens with two attached hydrogens (primary N) is 1. The normalized spacial score (nSPS) is 13.8. The van der Waals surface area contributed by atoms with Gasteiger partial charge in [0.05, 0.1) is 18.9 Å². The molecule has 0 aromatic heterocycles. The molecule has 0 spiro atoms. The van der Waals surface area contributed by atoms with Gasteiger partial charge in [0.15, 0.2) is 11.5 Å². The summed E-state index contributed by atoms with van der Waals surface area (Å²) in [4.78, 5) is 13.0. The second kappa shape index (κ2) is 13.0. The van der Waals surface area contributed by atoms with Crippen LogP contribution in [0.3, 0.4) is 0 Å². The van der Waals surface area contributed by atoms with Gasteiger partial charge in [-0.3, -0.25) is 4.79 Å². The highest BCUT2D eigenvalue weighted by atomic mass is 35.5. The molecule has 224 valence electrons. The second-order valence-electron chi connectivity index (χ2n) is 10.5. The zero-order chi connectivity index (χ0) is 31.3. The number of fused-ring (bicyclic) bond motifs is 2. The Bertz CT molecular complexity index is 1960. The van der Waals surface area contributed by atoms with Gasteiger partial charge in [0.1, 0.15) is 29.7 Å². The number of halogens is 1. The standard InChI is InChI=1S/C37H29ClN2O5/c1-2-42-34-18-26(12-17-32(34)43-22-23-10-13-27(38)14-11-23)36-30-16-15-28(20-33(30)45-37(40)31(36)21-39)44-35(41)19-25-8-5-7-24-6-3-4-9-29(24)25/h3-18,20,36H,2,19,22,40H2,1H3. The Labute approximate surface area is 266 Å². The molecule has 5 aromatic rings. The van der Waals surface area contributed by atoms with E-state index in [1.54, 1.807) is 18.2 Å². The molecule has 6 rings (SSSR count). The van der Waals surface area contributed by atoms with Crippen molar-refractivity contribution < 1.29 is 23.7 Å². The predicted octanol–water partition coefficient (Wildman–Crippen LogP) is 7.84. The van der Waals surface area contributed by atoms with Crippen molar-refractivity contribution >= 4 is 28.3 Å². The molecular weight excluding hydrogens is 588 g/mol. The number of ether oxygens (including phenoxy) is 4. The summed E-state index contributed by atoms with van der Waals surface area (Å²) >= 11 is 6.01. The highest BCUT2D eigenvalue weighted by molar-refractivity contribution is 6.30. The van der Waals surface area contributed by atoms with Crippen LogP contribution in [0.1, 0.15) is 35.1 Å². The molecule has 0 saturated heterocycles. The van der Waals surface area contributed by atoms with Crippen molar-refractivity contribution in [3.8, 4) is 29.1 Å². The molecule has 1 unspecified atom stereocenters. The highest BCUT2D eigenvalue weighted by Gasteiger charge is 2.32. The highest BCUT2D eigenvalue weighted by Crippen LogP contribution is 2.45. The minimum absolute atomic E-state index is 0.0183. The summed E-state index contributed by atoms with van der Waals surface area (Å²) in [6, 6.07) is 34.0. The lowest BCUT2D eigenvalue weighted by atomic mass is 9.83. The van der Waals surface area contributed by atoms with E-state index in [9.17, 15) is 10.1 Å². The fourth-order valence-corrected chi connectivity index (χ4v) is 5.57. The summed E-state index contributed by atoms with van der Waals surface area (Å²) in [5, 5.41) is 12.8. The molecule has 1 heterocycles. The van der Waals surface area contributed by atoms with Gasteiger partial charge < -0.3 is 24.7 Å². The molecule has 0 radical (unpaired) electrons. The Hall–Kier alpha value is -5.45. The molecular formula is C37H29ClN2O5. The summed E-state index contributed by atoms with van der Waals surface area (Å²) < 4.78 is 23.6. The molecule has 45 heavy (non-hydrogen) atoms. The third-order valence-electron chi connectivity index (χ3n) is 7.55. The molecule has 0 fully saturated rings. The molecule has 1 aliphatic heterocycles.